The van der Waals surface area contributed by atoms with Gasteiger partial charge in [0, 0.05) is 25.2 Å². The molecule has 4 N–H and O–H groups in total. The Morgan fingerprint density at radius 3 is 2.54 bits per heavy atom. The lowest BCUT2D eigenvalue weighted by molar-refractivity contribution is -0.245. The molecule has 0 saturated carbocycles. The lowest BCUT2D eigenvalue weighted by Crippen LogP contribution is -2.64. The van der Waals surface area contributed by atoms with Gasteiger partial charge in [0.2, 0.25) is 5.91 Å². The van der Waals surface area contributed by atoms with Crippen LogP contribution in [-0.2, 0) is 16.0 Å². The third kappa shape index (κ3) is 3.27. The van der Waals surface area contributed by atoms with Crippen LogP contribution in [0.1, 0.15) is 31.7 Å². The monoisotopic (exact) mass is 334 g/mol. The zero-order valence-corrected chi connectivity index (χ0v) is 14.1. The van der Waals surface area contributed by atoms with Gasteiger partial charge in [-0.3, -0.25) is 4.79 Å². The Bertz CT molecular complexity index is 592. The van der Waals surface area contributed by atoms with Gasteiger partial charge in [-0.1, -0.05) is 12.1 Å². The van der Waals surface area contributed by atoms with Gasteiger partial charge in [-0.05, 0) is 37.5 Å². The number of nitrogens with two attached hydrogens (primary N) is 1. The average molecular weight is 334 g/mol. The Kier molecular flexibility index (Phi) is 4.55. The highest BCUT2D eigenvalue weighted by Crippen LogP contribution is 2.39. The molecule has 0 radical (unpaired) electrons. The van der Waals surface area contributed by atoms with E-state index in [1.54, 1.807) is 24.0 Å². The first-order valence-electron chi connectivity index (χ1n) is 8.49. The first-order valence-corrected chi connectivity index (χ1v) is 8.49. The van der Waals surface area contributed by atoms with E-state index in [4.69, 9.17) is 10.5 Å². The van der Waals surface area contributed by atoms with Crippen molar-refractivity contribution in [1.29, 1.82) is 0 Å². The number of ether oxygens (including phenoxy) is 1. The molecule has 2 fully saturated rings. The third-order valence-corrected chi connectivity index (χ3v) is 5.38. The number of aliphatic hydroxyl groups is 2. The number of aliphatic hydroxyl groups excluding tert-OH is 1. The van der Waals surface area contributed by atoms with Crippen molar-refractivity contribution in [1.82, 2.24) is 4.90 Å². The van der Waals surface area contributed by atoms with Crippen LogP contribution in [0, 0.1) is 0 Å². The third-order valence-electron chi connectivity index (χ3n) is 5.38. The number of hydrogen-bond donors (Lipinski definition) is 3. The molecule has 1 aromatic carbocycles. The van der Waals surface area contributed by atoms with Gasteiger partial charge in [0.1, 0.15) is 11.7 Å². The molecule has 6 nitrogen and oxygen atoms in total. The fourth-order valence-electron chi connectivity index (χ4n) is 3.72. The number of carbonyl (C=O) groups excluding carboxylic acids is 1. The normalized spacial score (nSPS) is 29.6. The Morgan fingerprint density at radius 1 is 1.29 bits per heavy atom. The van der Waals surface area contributed by atoms with Crippen LogP contribution >= 0.6 is 0 Å². The summed E-state index contributed by atoms with van der Waals surface area (Å²) in [5, 5.41) is 20.8. The van der Waals surface area contributed by atoms with Crippen LogP contribution in [0.15, 0.2) is 24.3 Å². The number of piperidine rings is 1. The molecule has 2 heterocycles. The quantitative estimate of drug-likeness (QED) is 0.692. The molecule has 2 aliphatic heterocycles. The van der Waals surface area contributed by atoms with Gasteiger partial charge in [0.05, 0.1) is 18.6 Å². The Labute approximate surface area is 142 Å². The van der Waals surface area contributed by atoms with E-state index < -0.39 is 17.3 Å². The molecular weight excluding hydrogens is 308 g/mol. The topological polar surface area (TPSA) is 96.0 Å². The predicted octanol–water partition coefficient (Wildman–Crippen LogP) is 0.705. The van der Waals surface area contributed by atoms with Gasteiger partial charge in [-0.25, -0.2) is 0 Å². The van der Waals surface area contributed by atoms with E-state index in [1.807, 2.05) is 12.1 Å². The second kappa shape index (κ2) is 6.35. The molecule has 0 bridgehead atoms. The van der Waals surface area contributed by atoms with Crippen LogP contribution in [0.5, 0.6) is 0 Å². The first kappa shape index (κ1) is 17.2. The number of nitrogen functional groups attached to an aromatic ring is 1. The number of rotatable bonds is 2. The SMILES string of the molecule is C[C@@]1(O)CCOC2(CCN(C(=O)Cc3ccc(N)cc3)CC2)[C@H]1O. The maximum absolute atomic E-state index is 12.5. The van der Waals surface area contributed by atoms with E-state index in [1.165, 1.54) is 0 Å². The van der Waals surface area contributed by atoms with Gasteiger partial charge in [0.25, 0.3) is 0 Å². The van der Waals surface area contributed by atoms with Crippen molar-refractivity contribution in [3.05, 3.63) is 29.8 Å². The van der Waals surface area contributed by atoms with Crippen LogP contribution in [0.4, 0.5) is 5.69 Å². The zero-order chi connectivity index (χ0) is 17.4. The molecule has 24 heavy (non-hydrogen) atoms. The standard InChI is InChI=1S/C18H26N2O4/c1-17(23)8-11-24-18(16(17)22)6-9-20(10-7-18)15(21)12-13-2-4-14(19)5-3-13/h2-5,16,22-23H,6-12,19H2,1H3/t16-,17+/m0/s1. The summed E-state index contributed by atoms with van der Waals surface area (Å²) in [6, 6.07) is 7.32. The lowest BCUT2D eigenvalue weighted by atomic mass is 9.75. The molecular formula is C18H26N2O4. The number of nitrogens with zero attached hydrogens (tertiary/aromatic N) is 1. The molecule has 3 rings (SSSR count). The van der Waals surface area contributed by atoms with E-state index in [0.29, 0.717) is 51.1 Å². The lowest BCUT2D eigenvalue weighted by Gasteiger charge is -2.51. The molecule has 6 heteroatoms. The van der Waals surface area contributed by atoms with Crippen molar-refractivity contribution in [2.24, 2.45) is 0 Å². The van der Waals surface area contributed by atoms with Crippen LogP contribution < -0.4 is 5.73 Å². The van der Waals surface area contributed by atoms with Crippen molar-refractivity contribution in [3.63, 3.8) is 0 Å². The van der Waals surface area contributed by atoms with Crippen LogP contribution in [0.25, 0.3) is 0 Å². The van der Waals surface area contributed by atoms with E-state index in [2.05, 4.69) is 0 Å². The summed E-state index contributed by atoms with van der Waals surface area (Å²) < 4.78 is 5.85. The summed E-state index contributed by atoms with van der Waals surface area (Å²) in [4.78, 5) is 14.3. The zero-order valence-electron chi connectivity index (χ0n) is 14.1. The molecule has 0 unspecified atom stereocenters. The summed E-state index contributed by atoms with van der Waals surface area (Å²) >= 11 is 0. The minimum atomic E-state index is -1.13. The molecule has 2 saturated heterocycles. The largest absolute Gasteiger partial charge is 0.399 e. The van der Waals surface area contributed by atoms with Crippen molar-refractivity contribution in [3.8, 4) is 0 Å². The molecule has 0 aromatic heterocycles. The highest BCUT2D eigenvalue weighted by molar-refractivity contribution is 5.79. The molecule has 1 aromatic rings. The van der Waals surface area contributed by atoms with E-state index in [0.717, 1.165) is 5.56 Å². The predicted molar refractivity (Wildman–Crippen MR) is 90.3 cm³/mol. The number of carbonyl (C=O) groups is 1. The number of benzene rings is 1. The maximum Gasteiger partial charge on any atom is 0.226 e. The fraction of sp³-hybridized carbons (Fsp3) is 0.611. The van der Waals surface area contributed by atoms with E-state index in [9.17, 15) is 15.0 Å². The van der Waals surface area contributed by atoms with Crippen molar-refractivity contribution in [2.45, 2.75) is 49.9 Å². The van der Waals surface area contributed by atoms with Crippen LogP contribution in [0.2, 0.25) is 0 Å². The summed E-state index contributed by atoms with van der Waals surface area (Å²) in [6.45, 7) is 3.14. The highest BCUT2D eigenvalue weighted by atomic mass is 16.5. The summed E-state index contributed by atoms with van der Waals surface area (Å²) in [6.07, 6.45) is 0.924. The molecule has 2 atom stereocenters. The van der Waals surface area contributed by atoms with Gasteiger partial charge >= 0.3 is 0 Å². The first-order chi connectivity index (χ1) is 11.3. The second-order valence-corrected chi connectivity index (χ2v) is 7.22. The second-order valence-electron chi connectivity index (χ2n) is 7.22. The summed E-state index contributed by atoms with van der Waals surface area (Å²) in [7, 11) is 0. The summed E-state index contributed by atoms with van der Waals surface area (Å²) in [5.41, 5.74) is 5.41. The minimum absolute atomic E-state index is 0.0617. The smallest absolute Gasteiger partial charge is 0.226 e. The Balaban J connectivity index is 1.60. The minimum Gasteiger partial charge on any atom is -0.399 e. The molecule has 132 valence electrons. The molecule has 1 spiro atoms. The number of likely N-dealkylation sites (tertiary alicyclic amines) is 1. The highest BCUT2D eigenvalue weighted by Gasteiger charge is 2.52. The van der Waals surface area contributed by atoms with Gasteiger partial charge in [-0.15, -0.1) is 0 Å². The molecule has 0 aliphatic carbocycles. The number of hydrogen-bond acceptors (Lipinski definition) is 5. The van der Waals surface area contributed by atoms with Crippen molar-refractivity contribution < 1.29 is 19.7 Å². The molecule has 1 amide bonds. The fourth-order valence-corrected chi connectivity index (χ4v) is 3.72. The van der Waals surface area contributed by atoms with E-state index >= 15 is 0 Å². The number of amides is 1. The average Bonchev–Trinajstić information content (AvgIpc) is 2.55. The van der Waals surface area contributed by atoms with Gasteiger partial charge in [-0.2, -0.15) is 0 Å². The van der Waals surface area contributed by atoms with Crippen molar-refractivity contribution >= 4 is 11.6 Å². The molecule has 2 aliphatic rings. The maximum atomic E-state index is 12.5. The van der Waals surface area contributed by atoms with Crippen LogP contribution in [-0.4, -0.2) is 58.0 Å². The Morgan fingerprint density at radius 2 is 1.92 bits per heavy atom. The van der Waals surface area contributed by atoms with Gasteiger partial charge < -0.3 is 25.6 Å². The van der Waals surface area contributed by atoms with Crippen LogP contribution in [0.3, 0.4) is 0 Å². The summed E-state index contributed by atoms with van der Waals surface area (Å²) in [5.74, 6) is 0.0617. The van der Waals surface area contributed by atoms with Crippen molar-refractivity contribution in [2.75, 3.05) is 25.4 Å². The Hall–Kier alpha value is -1.63. The van der Waals surface area contributed by atoms with Gasteiger partial charge in [0.15, 0.2) is 0 Å². The number of anilines is 1. The van der Waals surface area contributed by atoms with E-state index in [-0.39, 0.29) is 5.91 Å².